The number of carbonyl (C=O) groups excluding carboxylic acids is 1. The van der Waals surface area contributed by atoms with E-state index in [1.165, 1.54) is 25.1 Å². The lowest BCUT2D eigenvalue weighted by atomic mass is 10.2. The lowest BCUT2D eigenvalue weighted by Crippen LogP contribution is -2.13. The van der Waals surface area contributed by atoms with E-state index in [4.69, 9.17) is 4.74 Å². The fraction of sp³-hybridized carbons (Fsp3) is 0.133. The van der Waals surface area contributed by atoms with Gasteiger partial charge in [-0.2, -0.15) is 0 Å². The molecule has 0 amide bonds. The van der Waals surface area contributed by atoms with E-state index in [-0.39, 0.29) is 4.90 Å². The van der Waals surface area contributed by atoms with Gasteiger partial charge < -0.3 is 4.74 Å². The lowest BCUT2D eigenvalue weighted by Gasteiger charge is -2.10. The summed E-state index contributed by atoms with van der Waals surface area (Å²) in [7, 11) is -3.66. The summed E-state index contributed by atoms with van der Waals surface area (Å²) in [5, 5.41) is 0. The van der Waals surface area contributed by atoms with Gasteiger partial charge in [0.25, 0.3) is 10.0 Å². The first kappa shape index (κ1) is 16.5. The van der Waals surface area contributed by atoms with Gasteiger partial charge >= 0.3 is 5.97 Å². The SMILES string of the molecule is CC(=O)Oc1ccc(NS(=O)(=O)c2ccc(C)cc2)cc1Br. The predicted octanol–water partition coefficient (Wildman–Crippen LogP) is 3.48. The minimum atomic E-state index is -3.66. The summed E-state index contributed by atoms with van der Waals surface area (Å²) in [6, 6.07) is 11.1. The number of carbonyl (C=O) groups is 1. The van der Waals surface area contributed by atoms with E-state index in [0.717, 1.165) is 5.56 Å². The van der Waals surface area contributed by atoms with Crippen molar-refractivity contribution < 1.29 is 17.9 Å². The van der Waals surface area contributed by atoms with Crippen LogP contribution in [0.25, 0.3) is 0 Å². The molecule has 116 valence electrons. The average Bonchev–Trinajstić information content (AvgIpc) is 2.41. The Labute approximate surface area is 137 Å². The van der Waals surface area contributed by atoms with Crippen LogP contribution in [0.3, 0.4) is 0 Å². The fourth-order valence-corrected chi connectivity index (χ4v) is 3.24. The molecule has 5 nitrogen and oxygen atoms in total. The number of ether oxygens (including phenoxy) is 1. The molecule has 0 saturated carbocycles. The molecule has 0 spiro atoms. The van der Waals surface area contributed by atoms with Gasteiger partial charge in [0, 0.05) is 6.92 Å². The Hall–Kier alpha value is -1.86. The van der Waals surface area contributed by atoms with E-state index in [9.17, 15) is 13.2 Å². The van der Waals surface area contributed by atoms with Crippen LogP contribution in [0.15, 0.2) is 51.8 Å². The average molecular weight is 384 g/mol. The normalized spacial score (nSPS) is 11.0. The van der Waals surface area contributed by atoms with Crippen molar-refractivity contribution >= 4 is 37.6 Å². The van der Waals surface area contributed by atoms with Gasteiger partial charge in [0.05, 0.1) is 15.1 Å². The highest BCUT2D eigenvalue weighted by molar-refractivity contribution is 9.10. The van der Waals surface area contributed by atoms with E-state index in [0.29, 0.717) is 15.9 Å². The molecule has 0 bridgehead atoms. The summed E-state index contributed by atoms with van der Waals surface area (Å²) in [5.74, 6) is -0.125. The Morgan fingerprint density at radius 1 is 1.14 bits per heavy atom. The van der Waals surface area contributed by atoms with Crippen molar-refractivity contribution in [1.29, 1.82) is 0 Å². The maximum atomic E-state index is 12.3. The second kappa shape index (κ2) is 6.50. The minimum absolute atomic E-state index is 0.179. The van der Waals surface area contributed by atoms with Gasteiger partial charge in [-0.3, -0.25) is 9.52 Å². The van der Waals surface area contributed by atoms with Crippen molar-refractivity contribution in [3.8, 4) is 5.75 Å². The van der Waals surface area contributed by atoms with Gasteiger partial charge in [0.1, 0.15) is 5.75 Å². The largest absolute Gasteiger partial charge is 0.426 e. The summed E-state index contributed by atoms with van der Waals surface area (Å²) in [4.78, 5) is 11.1. The molecule has 2 aromatic rings. The van der Waals surface area contributed by atoms with Crippen LogP contribution in [0.1, 0.15) is 12.5 Å². The third kappa shape index (κ3) is 4.08. The zero-order valence-corrected chi connectivity index (χ0v) is 14.4. The molecule has 0 fully saturated rings. The second-order valence-electron chi connectivity index (χ2n) is 4.66. The number of sulfonamides is 1. The van der Waals surface area contributed by atoms with E-state index in [1.54, 1.807) is 24.3 Å². The van der Waals surface area contributed by atoms with E-state index in [1.807, 2.05) is 6.92 Å². The minimum Gasteiger partial charge on any atom is -0.426 e. The number of aryl methyl sites for hydroxylation is 1. The summed E-state index contributed by atoms with van der Waals surface area (Å²) in [5.41, 5.74) is 1.34. The van der Waals surface area contributed by atoms with Crippen molar-refractivity contribution in [2.75, 3.05) is 4.72 Å². The molecule has 2 aromatic carbocycles. The summed E-state index contributed by atoms with van der Waals surface area (Å²) < 4.78 is 32.5. The van der Waals surface area contributed by atoms with Gasteiger partial charge in [-0.05, 0) is 53.2 Å². The van der Waals surface area contributed by atoms with Crippen LogP contribution in [-0.2, 0) is 14.8 Å². The fourth-order valence-electron chi connectivity index (χ4n) is 1.73. The van der Waals surface area contributed by atoms with Crippen molar-refractivity contribution in [2.24, 2.45) is 0 Å². The number of hydrogen-bond acceptors (Lipinski definition) is 4. The molecule has 0 aliphatic rings. The number of esters is 1. The van der Waals surface area contributed by atoms with Gasteiger partial charge in [-0.25, -0.2) is 8.42 Å². The van der Waals surface area contributed by atoms with Crippen LogP contribution in [0.2, 0.25) is 0 Å². The molecular formula is C15H14BrNO4S. The second-order valence-corrected chi connectivity index (χ2v) is 7.19. The van der Waals surface area contributed by atoms with E-state index >= 15 is 0 Å². The number of benzene rings is 2. The van der Waals surface area contributed by atoms with Crippen LogP contribution in [0.5, 0.6) is 5.75 Å². The van der Waals surface area contributed by atoms with E-state index in [2.05, 4.69) is 20.7 Å². The summed E-state index contributed by atoms with van der Waals surface area (Å²) >= 11 is 3.24. The van der Waals surface area contributed by atoms with Crippen LogP contribution in [0.4, 0.5) is 5.69 Å². The number of halogens is 1. The molecule has 0 aliphatic carbocycles. The molecule has 0 aliphatic heterocycles. The van der Waals surface area contributed by atoms with Gasteiger partial charge in [0.15, 0.2) is 0 Å². The number of rotatable bonds is 4. The Balaban J connectivity index is 2.24. The highest BCUT2D eigenvalue weighted by Crippen LogP contribution is 2.29. The third-order valence-electron chi connectivity index (χ3n) is 2.77. The van der Waals surface area contributed by atoms with Gasteiger partial charge in [-0.15, -0.1) is 0 Å². The standard InChI is InChI=1S/C15H14BrNO4S/c1-10-3-6-13(7-4-10)22(19,20)17-12-5-8-15(14(16)9-12)21-11(2)18/h3-9,17H,1-2H3. The molecule has 0 aromatic heterocycles. The predicted molar refractivity (Wildman–Crippen MR) is 87.4 cm³/mol. The number of anilines is 1. The molecule has 1 N–H and O–H groups in total. The highest BCUT2D eigenvalue weighted by atomic mass is 79.9. The number of hydrogen-bond donors (Lipinski definition) is 1. The van der Waals surface area contributed by atoms with Crippen LogP contribution >= 0.6 is 15.9 Å². The van der Waals surface area contributed by atoms with Gasteiger partial charge in [0.2, 0.25) is 0 Å². The molecule has 0 saturated heterocycles. The lowest BCUT2D eigenvalue weighted by molar-refractivity contribution is -0.131. The smallest absolute Gasteiger partial charge is 0.308 e. The van der Waals surface area contributed by atoms with Crippen molar-refractivity contribution in [3.63, 3.8) is 0 Å². The Morgan fingerprint density at radius 3 is 2.32 bits per heavy atom. The molecule has 0 atom stereocenters. The molecule has 2 rings (SSSR count). The Bertz CT molecular complexity index is 801. The molecule has 0 radical (unpaired) electrons. The topological polar surface area (TPSA) is 72.5 Å². The van der Waals surface area contributed by atoms with Crippen molar-refractivity contribution in [1.82, 2.24) is 0 Å². The molecule has 0 unspecified atom stereocenters. The highest BCUT2D eigenvalue weighted by Gasteiger charge is 2.15. The Kier molecular flexibility index (Phi) is 4.87. The third-order valence-corrected chi connectivity index (χ3v) is 4.79. The first-order chi connectivity index (χ1) is 10.3. The van der Waals surface area contributed by atoms with Crippen LogP contribution in [0, 0.1) is 6.92 Å². The number of nitrogens with one attached hydrogen (secondary N) is 1. The summed E-state index contributed by atoms with van der Waals surface area (Å²) in [6.45, 7) is 3.18. The van der Waals surface area contributed by atoms with Gasteiger partial charge in [-0.1, -0.05) is 17.7 Å². The maximum absolute atomic E-state index is 12.3. The first-order valence-electron chi connectivity index (χ1n) is 6.35. The molecule has 7 heteroatoms. The van der Waals surface area contributed by atoms with Crippen molar-refractivity contribution in [3.05, 3.63) is 52.5 Å². The molecule has 22 heavy (non-hydrogen) atoms. The van der Waals surface area contributed by atoms with Crippen molar-refractivity contribution in [2.45, 2.75) is 18.7 Å². The molecular weight excluding hydrogens is 370 g/mol. The van der Waals surface area contributed by atoms with Crippen LogP contribution < -0.4 is 9.46 Å². The zero-order chi connectivity index (χ0) is 16.3. The van der Waals surface area contributed by atoms with E-state index < -0.39 is 16.0 Å². The maximum Gasteiger partial charge on any atom is 0.308 e. The summed E-state index contributed by atoms with van der Waals surface area (Å²) in [6.07, 6.45) is 0. The Morgan fingerprint density at radius 2 is 1.77 bits per heavy atom. The van der Waals surface area contributed by atoms with Crippen LogP contribution in [-0.4, -0.2) is 14.4 Å². The quantitative estimate of drug-likeness (QED) is 0.647. The molecule has 0 heterocycles. The monoisotopic (exact) mass is 383 g/mol. The zero-order valence-electron chi connectivity index (χ0n) is 12.0. The first-order valence-corrected chi connectivity index (χ1v) is 8.63.